The van der Waals surface area contributed by atoms with Crippen molar-refractivity contribution in [1.82, 2.24) is 9.13 Å². The molecule has 0 radical (unpaired) electrons. The van der Waals surface area contributed by atoms with Gasteiger partial charge in [-0.1, -0.05) is 257 Å². The van der Waals surface area contributed by atoms with Crippen LogP contribution in [0.1, 0.15) is 48.3 Å². The van der Waals surface area contributed by atoms with Gasteiger partial charge in [0, 0.05) is 92.7 Å². The lowest BCUT2D eigenvalue weighted by Gasteiger charge is -2.45. The summed E-state index contributed by atoms with van der Waals surface area (Å²) >= 11 is 1.70. The van der Waals surface area contributed by atoms with E-state index >= 15 is 0 Å². The van der Waals surface area contributed by atoms with Crippen LogP contribution in [0.25, 0.3) is 131 Å². The largest absolute Gasteiger partial charge is 0.311 e. The van der Waals surface area contributed by atoms with E-state index in [9.17, 15) is 16.4 Å². The van der Waals surface area contributed by atoms with Crippen molar-refractivity contribution in [2.45, 2.75) is 26.2 Å². The number of rotatable bonds is 9. The van der Waals surface area contributed by atoms with Crippen molar-refractivity contribution < 1.29 is 21.9 Å². The third-order valence-electron chi connectivity index (χ3n) is 20.1. The van der Waals surface area contributed by atoms with Gasteiger partial charge in [0.05, 0.1) is 49.7 Å². The Kier molecular flexibility index (Phi) is 9.95. The summed E-state index contributed by atoms with van der Waals surface area (Å²) in [6, 6.07) is 74.9. The third kappa shape index (κ3) is 9.07. The average Bonchev–Trinajstić information content (AvgIpc) is 1.07. The molecule has 3 aromatic heterocycles. The summed E-state index contributed by atoms with van der Waals surface area (Å²) in [5, 5.41) is 1.78. The van der Waals surface area contributed by atoms with E-state index in [1.807, 2.05) is 115 Å². The Bertz CT molecular complexity index is 7080. The van der Waals surface area contributed by atoms with Crippen LogP contribution in [-0.4, -0.2) is 15.8 Å². The molecule has 0 saturated heterocycles. The molecule has 0 spiro atoms. The number of thiophene rings is 1. The van der Waals surface area contributed by atoms with Gasteiger partial charge in [0.1, 0.15) is 0 Å². The average molecular weight is 1310 g/mol. The van der Waals surface area contributed by atoms with Gasteiger partial charge in [0.2, 0.25) is 0 Å². The molecule has 100 heavy (non-hydrogen) atoms. The lowest BCUT2D eigenvalue weighted by atomic mass is 9.33. The Balaban J connectivity index is 1.01. The van der Waals surface area contributed by atoms with Crippen LogP contribution in [0.2, 0.25) is 0 Å². The highest BCUT2D eigenvalue weighted by Crippen LogP contribution is 2.54. The molecule has 2 aliphatic rings. The molecular formula is C94H65BN4S. The van der Waals surface area contributed by atoms with Gasteiger partial charge in [0.25, 0.3) is 6.71 Å². The Morgan fingerprint density at radius 1 is 0.320 bits per heavy atom. The summed E-state index contributed by atoms with van der Waals surface area (Å²) in [5.74, 6) is 0. The SMILES string of the molecule is [2H]c1c([2H])c([2H])c2c(c1[2H])c1c([2H])c([2H])c([2H])c([2H])c1n2-c1ccc2c(c1)N(c1cc(-c3ccccc3)cc(-c3ccccc3)c1)c1cc(-c3cccc4sc5ccccc5c34)cc3c1B2c1ccc(-n2c4c([2H])c([2H])c([2H])c([2H])c4c4c([2H])c([2H])c([2H])c([2H])c42)cc1N3c1c(-c2ccccc2)cc(C(C)(C)C)cc1-c1ccccc1. The molecule has 0 fully saturated rings. The molecule has 0 saturated carbocycles. The number of aromatic nitrogens is 2. The fraction of sp³-hybridized carbons (Fsp3) is 0.0426. The van der Waals surface area contributed by atoms with Crippen LogP contribution in [0.3, 0.4) is 0 Å². The van der Waals surface area contributed by atoms with Crippen LogP contribution in [0, 0.1) is 0 Å². The monoisotopic (exact) mass is 1310 g/mol. The van der Waals surface area contributed by atoms with Gasteiger partial charge in [-0.15, -0.1) is 11.3 Å². The van der Waals surface area contributed by atoms with Gasteiger partial charge < -0.3 is 18.9 Å². The topological polar surface area (TPSA) is 16.3 Å². The van der Waals surface area contributed by atoms with Crippen molar-refractivity contribution in [3.05, 3.63) is 345 Å². The Morgan fingerprint density at radius 3 is 1.24 bits per heavy atom. The van der Waals surface area contributed by atoms with Crippen molar-refractivity contribution in [3.63, 3.8) is 0 Å². The summed E-state index contributed by atoms with van der Waals surface area (Å²) in [6.07, 6.45) is 0. The summed E-state index contributed by atoms with van der Waals surface area (Å²) < 4.78 is 157. The lowest BCUT2D eigenvalue weighted by Crippen LogP contribution is -2.61. The van der Waals surface area contributed by atoms with Crippen molar-refractivity contribution >= 4 is 132 Å². The van der Waals surface area contributed by atoms with E-state index < -0.39 is 109 Å². The highest BCUT2D eigenvalue weighted by Gasteiger charge is 2.46. The molecule has 5 heterocycles. The lowest BCUT2D eigenvalue weighted by molar-refractivity contribution is 0.591. The predicted molar refractivity (Wildman–Crippen MR) is 428 cm³/mol. The van der Waals surface area contributed by atoms with Gasteiger partial charge in [-0.25, -0.2) is 0 Å². The summed E-state index contributed by atoms with van der Waals surface area (Å²) in [4.78, 5) is 4.61. The Morgan fingerprint density at radius 2 is 0.750 bits per heavy atom. The zero-order valence-corrected chi connectivity index (χ0v) is 55.2. The first-order valence-electron chi connectivity index (χ1n) is 41.4. The third-order valence-corrected chi connectivity index (χ3v) is 21.2. The van der Waals surface area contributed by atoms with Crippen LogP contribution in [0.15, 0.2) is 339 Å². The standard InChI is InChI=1S/C94H65BN4S/c1-94(2,3)67-56-77(62-31-12-6-13-32-62)93(78(57-67)63-33-14-7-15-34-63)99-86-59-69(97-83-43-23-18-37-74(83)75-38-19-24-44-84(75)97)48-50-80(86)95-79-49-47-68(96-81-41-21-16-35-72(81)73-36-17-22-42-82(73)96)58-85(79)98(70-52-64(60-27-8-4-9-28-60)51-65(53-70)61-29-10-5-11-30-61)87-54-66(55-88(99)92(87)95)71-40-26-46-90-91(71)76-39-20-25-45-89(76)100-90/h4-59H,1-3H3/i16D,17D,18D,19D,21D,22D,23D,24D,35D,36D,37D,38D,41D,42D,43D,44D. The molecule has 0 atom stereocenters. The first-order chi connectivity index (χ1) is 55.9. The Labute approximate surface area is 608 Å². The first-order valence-corrected chi connectivity index (χ1v) is 34.3. The van der Waals surface area contributed by atoms with Gasteiger partial charge in [-0.2, -0.15) is 0 Å². The van der Waals surface area contributed by atoms with Crippen LogP contribution in [-0.2, 0) is 5.41 Å². The number of benzene rings is 15. The molecule has 0 bridgehead atoms. The molecule has 0 unspecified atom stereocenters. The highest BCUT2D eigenvalue weighted by atomic mass is 32.1. The van der Waals surface area contributed by atoms with E-state index in [1.54, 1.807) is 20.5 Å². The number of nitrogens with zero attached hydrogens (tertiary/aromatic N) is 4. The minimum atomic E-state index is -0.770. The summed E-state index contributed by atoms with van der Waals surface area (Å²) in [7, 11) is 0. The van der Waals surface area contributed by atoms with Crippen molar-refractivity contribution in [1.29, 1.82) is 0 Å². The van der Waals surface area contributed by atoms with Gasteiger partial charge >= 0.3 is 0 Å². The normalized spacial score (nSPS) is 14.9. The van der Waals surface area contributed by atoms with Crippen LogP contribution in [0.4, 0.5) is 34.1 Å². The fourth-order valence-corrected chi connectivity index (χ4v) is 16.7. The molecule has 0 N–H and O–H groups in total. The smallest absolute Gasteiger partial charge is 0.252 e. The molecule has 0 aliphatic carbocycles. The molecule has 15 aromatic carbocycles. The van der Waals surface area contributed by atoms with Crippen molar-refractivity contribution in [2.24, 2.45) is 0 Å². The summed E-state index contributed by atoms with van der Waals surface area (Å²) in [6.45, 7) is 5.84. The number of anilines is 6. The van der Waals surface area contributed by atoms with Gasteiger partial charge in [-0.05, 0) is 175 Å². The number of fused-ring (bicyclic) bond motifs is 13. The van der Waals surface area contributed by atoms with E-state index in [0.717, 1.165) is 115 Å². The van der Waals surface area contributed by atoms with Crippen LogP contribution in [0.5, 0.6) is 0 Å². The minimum Gasteiger partial charge on any atom is -0.311 e. The quantitative estimate of drug-likeness (QED) is 0.134. The van der Waals surface area contributed by atoms with E-state index in [1.165, 1.54) is 0 Å². The molecule has 4 nitrogen and oxygen atoms in total. The number of hydrogen-bond donors (Lipinski definition) is 0. The van der Waals surface area contributed by atoms with Crippen molar-refractivity contribution in [3.8, 4) is 67.0 Å². The molecule has 2 aliphatic heterocycles. The molecule has 18 aromatic rings. The minimum absolute atomic E-state index is 0.0503. The maximum atomic E-state index is 9.89. The predicted octanol–water partition coefficient (Wildman–Crippen LogP) is 24.0. The molecule has 6 heteroatoms. The van der Waals surface area contributed by atoms with Gasteiger partial charge in [-0.3, -0.25) is 0 Å². The number of hydrogen-bond acceptors (Lipinski definition) is 3. The summed E-state index contributed by atoms with van der Waals surface area (Å²) in [5.41, 5.74) is 16.3. The zero-order valence-electron chi connectivity index (χ0n) is 70.4. The van der Waals surface area contributed by atoms with Gasteiger partial charge in [0.15, 0.2) is 0 Å². The highest BCUT2D eigenvalue weighted by molar-refractivity contribution is 7.26. The fourth-order valence-electron chi connectivity index (χ4n) is 15.6. The molecule has 20 rings (SSSR count). The molecule has 470 valence electrons. The second-order valence-corrected chi connectivity index (χ2v) is 27.8. The van der Waals surface area contributed by atoms with E-state index in [4.69, 9.17) is 5.48 Å². The molecular weight excluding hydrogens is 1230 g/mol. The van der Waals surface area contributed by atoms with Crippen LogP contribution >= 0.6 is 11.3 Å². The maximum absolute atomic E-state index is 9.89. The van der Waals surface area contributed by atoms with E-state index in [-0.39, 0.29) is 43.6 Å². The first kappa shape index (κ1) is 43.9. The number of para-hydroxylation sites is 4. The van der Waals surface area contributed by atoms with E-state index in [0.29, 0.717) is 28.4 Å². The maximum Gasteiger partial charge on any atom is 0.252 e. The Hall–Kier alpha value is -12.2. The van der Waals surface area contributed by atoms with E-state index in [2.05, 4.69) is 158 Å². The molecule has 0 amide bonds. The second-order valence-electron chi connectivity index (χ2n) is 26.8. The van der Waals surface area contributed by atoms with Crippen molar-refractivity contribution in [2.75, 3.05) is 9.80 Å². The zero-order chi connectivity index (χ0) is 80.2. The second kappa shape index (κ2) is 22.7. The van der Waals surface area contributed by atoms with Crippen LogP contribution < -0.4 is 26.2 Å².